The van der Waals surface area contributed by atoms with E-state index in [1.54, 1.807) is 24.3 Å². The maximum atomic E-state index is 10.8. The summed E-state index contributed by atoms with van der Waals surface area (Å²) in [6, 6.07) is 6.93. The summed E-state index contributed by atoms with van der Waals surface area (Å²) in [5.74, 6) is 0.0505. The van der Waals surface area contributed by atoms with E-state index >= 15 is 0 Å². The molecular weight excluding hydrogens is 164 g/mol. The van der Waals surface area contributed by atoms with Gasteiger partial charge in [0, 0.05) is 5.56 Å². The van der Waals surface area contributed by atoms with Gasteiger partial charge in [-0.05, 0) is 12.5 Å². The Morgan fingerprint density at radius 2 is 1.69 bits per heavy atom. The molecule has 0 unspecified atom stereocenters. The van der Waals surface area contributed by atoms with Crippen LogP contribution in [0.2, 0.25) is 0 Å². The highest BCUT2D eigenvalue weighted by molar-refractivity contribution is 5.93. The van der Waals surface area contributed by atoms with Gasteiger partial charge in [-0.25, -0.2) is 0 Å². The number of carbonyl (C=O) groups is 1. The van der Waals surface area contributed by atoms with Crippen LogP contribution in [0.15, 0.2) is 24.3 Å². The third kappa shape index (κ3) is 3.85. The van der Waals surface area contributed by atoms with E-state index in [2.05, 4.69) is 0 Å². The number of Topliss-reactive ketones (excluding diaryl/α,β-unsaturated/α-hetero) is 1. The highest BCUT2D eigenvalue weighted by Crippen LogP contribution is 2.04. The van der Waals surface area contributed by atoms with E-state index in [9.17, 15) is 4.79 Å². The minimum Gasteiger partial charge on any atom is -0.392 e. The van der Waals surface area contributed by atoms with Crippen molar-refractivity contribution in [2.75, 3.05) is 0 Å². The molecule has 0 atom stereocenters. The van der Waals surface area contributed by atoms with Crippen molar-refractivity contribution < 1.29 is 9.90 Å². The van der Waals surface area contributed by atoms with Gasteiger partial charge in [0.15, 0.2) is 5.78 Å². The molecule has 0 bridgehead atoms. The molecule has 1 N–H and O–H groups in total. The number of hydrogen-bond acceptors (Lipinski definition) is 2. The van der Waals surface area contributed by atoms with Gasteiger partial charge in [0.2, 0.25) is 0 Å². The molecular formula is C11H16O2. The van der Waals surface area contributed by atoms with Crippen molar-refractivity contribution in [3.63, 3.8) is 0 Å². The summed E-state index contributed by atoms with van der Waals surface area (Å²) in [5.41, 5.74) is 1.51. The molecule has 0 aliphatic heterocycles. The van der Waals surface area contributed by atoms with Gasteiger partial charge in [0.1, 0.15) is 0 Å². The molecule has 0 saturated heterocycles. The Morgan fingerprint density at radius 1 is 1.23 bits per heavy atom. The van der Waals surface area contributed by atoms with Crippen LogP contribution in [0.3, 0.4) is 0 Å². The van der Waals surface area contributed by atoms with Crippen LogP contribution < -0.4 is 0 Å². The smallest absolute Gasteiger partial charge is 0.159 e. The van der Waals surface area contributed by atoms with Gasteiger partial charge in [0.25, 0.3) is 0 Å². The minimum atomic E-state index is 0.0260. The first-order chi connectivity index (χ1) is 6.24. The quantitative estimate of drug-likeness (QED) is 0.709. The second-order valence-corrected chi connectivity index (χ2v) is 2.41. The van der Waals surface area contributed by atoms with Crippen molar-refractivity contribution >= 4 is 5.78 Å². The summed E-state index contributed by atoms with van der Waals surface area (Å²) >= 11 is 0. The zero-order valence-corrected chi connectivity index (χ0v) is 8.37. The fraction of sp³-hybridized carbons (Fsp3) is 0.364. The zero-order chi connectivity index (χ0) is 10.3. The van der Waals surface area contributed by atoms with Crippen molar-refractivity contribution in [2.45, 2.75) is 27.4 Å². The van der Waals surface area contributed by atoms with Gasteiger partial charge in [-0.2, -0.15) is 0 Å². The summed E-state index contributed by atoms with van der Waals surface area (Å²) < 4.78 is 0. The van der Waals surface area contributed by atoms with Crippen LogP contribution in [0.1, 0.15) is 36.7 Å². The molecule has 2 heteroatoms. The predicted octanol–water partition coefficient (Wildman–Crippen LogP) is 2.41. The molecule has 0 saturated carbocycles. The zero-order valence-electron chi connectivity index (χ0n) is 8.37. The maximum Gasteiger partial charge on any atom is 0.159 e. The van der Waals surface area contributed by atoms with Crippen molar-refractivity contribution in [2.24, 2.45) is 0 Å². The second-order valence-electron chi connectivity index (χ2n) is 2.41. The highest BCUT2D eigenvalue weighted by Gasteiger charge is 1.96. The summed E-state index contributed by atoms with van der Waals surface area (Å²) in [7, 11) is 0. The van der Waals surface area contributed by atoms with Gasteiger partial charge in [-0.15, -0.1) is 0 Å². The largest absolute Gasteiger partial charge is 0.392 e. The molecule has 0 fully saturated rings. The first-order valence-corrected chi connectivity index (χ1v) is 4.45. The van der Waals surface area contributed by atoms with Gasteiger partial charge in [-0.1, -0.05) is 38.1 Å². The Morgan fingerprint density at radius 3 is 2.00 bits per heavy atom. The lowest BCUT2D eigenvalue weighted by Crippen LogP contribution is -1.91. The Kier molecular flexibility index (Phi) is 5.81. The van der Waals surface area contributed by atoms with Crippen LogP contribution in [-0.4, -0.2) is 10.9 Å². The number of hydrogen-bond donors (Lipinski definition) is 1. The van der Waals surface area contributed by atoms with Gasteiger partial charge >= 0.3 is 0 Å². The van der Waals surface area contributed by atoms with E-state index in [1.165, 1.54) is 6.92 Å². The summed E-state index contributed by atoms with van der Waals surface area (Å²) in [5, 5.41) is 8.68. The molecule has 0 aromatic heterocycles. The number of aliphatic hydroxyl groups excluding tert-OH is 1. The second kappa shape index (κ2) is 6.38. The van der Waals surface area contributed by atoms with Gasteiger partial charge in [-0.3, -0.25) is 4.79 Å². The van der Waals surface area contributed by atoms with E-state index in [4.69, 9.17) is 5.11 Å². The number of carbonyl (C=O) groups excluding carboxylic acids is 1. The van der Waals surface area contributed by atoms with E-state index in [0.29, 0.717) is 5.56 Å². The minimum absolute atomic E-state index is 0.0260. The molecule has 1 aromatic rings. The van der Waals surface area contributed by atoms with Crippen molar-refractivity contribution in [3.05, 3.63) is 35.4 Å². The van der Waals surface area contributed by atoms with Gasteiger partial charge in [0.05, 0.1) is 6.61 Å². The lowest BCUT2D eigenvalue weighted by Gasteiger charge is -1.96. The summed E-state index contributed by atoms with van der Waals surface area (Å²) in [6.45, 7) is 5.55. The standard InChI is InChI=1S/C9H10O2.C2H6/c1-7(11)9-4-2-8(6-10)3-5-9;1-2/h2-5,10H,6H2,1H3;1-2H3. The molecule has 0 amide bonds. The van der Waals surface area contributed by atoms with Crippen LogP contribution in [0.5, 0.6) is 0 Å². The predicted molar refractivity (Wildman–Crippen MR) is 53.7 cm³/mol. The highest BCUT2D eigenvalue weighted by atomic mass is 16.3. The monoisotopic (exact) mass is 180 g/mol. The molecule has 1 aromatic carbocycles. The molecule has 1 rings (SSSR count). The molecule has 0 spiro atoms. The van der Waals surface area contributed by atoms with E-state index < -0.39 is 0 Å². The van der Waals surface area contributed by atoms with Gasteiger partial charge < -0.3 is 5.11 Å². The lowest BCUT2D eigenvalue weighted by atomic mass is 10.1. The third-order valence-corrected chi connectivity index (χ3v) is 1.54. The topological polar surface area (TPSA) is 37.3 Å². The van der Waals surface area contributed by atoms with E-state index in [0.717, 1.165) is 5.56 Å². The molecule has 0 aliphatic carbocycles. The SMILES string of the molecule is CC.CC(=O)c1ccc(CO)cc1. The van der Waals surface area contributed by atoms with Crippen LogP contribution in [0.4, 0.5) is 0 Å². The fourth-order valence-electron chi connectivity index (χ4n) is 0.845. The molecule has 0 radical (unpaired) electrons. The first kappa shape index (κ1) is 11.8. The Bertz CT molecular complexity index is 249. The average Bonchev–Trinajstić information content (AvgIpc) is 2.21. The molecule has 72 valence electrons. The summed E-state index contributed by atoms with van der Waals surface area (Å²) in [4.78, 5) is 10.8. The number of rotatable bonds is 2. The maximum absolute atomic E-state index is 10.8. The van der Waals surface area contributed by atoms with Crippen molar-refractivity contribution in [1.82, 2.24) is 0 Å². The number of aliphatic hydroxyl groups is 1. The van der Waals surface area contributed by atoms with Crippen LogP contribution in [-0.2, 0) is 6.61 Å². The van der Waals surface area contributed by atoms with Crippen LogP contribution in [0.25, 0.3) is 0 Å². The van der Waals surface area contributed by atoms with Crippen LogP contribution >= 0.6 is 0 Å². The fourth-order valence-corrected chi connectivity index (χ4v) is 0.845. The average molecular weight is 180 g/mol. The molecule has 0 heterocycles. The van der Waals surface area contributed by atoms with E-state index in [1.807, 2.05) is 13.8 Å². The Balaban J connectivity index is 0.000000671. The normalized spacial score (nSPS) is 8.62. The first-order valence-electron chi connectivity index (χ1n) is 4.45. The summed E-state index contributed by atoms with van der Waals surface area (Å²) in [6.07, 6.45) is 0. The van der Waals surface area contributed by atoms with Crippen molar-refractivity contribution in [3.8, 4) is 0 Å². The molecule has 2 nitrogen and oxygen atoms in total. The van der Waals surface area contributed by atoms with Crippen LogP contribution in [0, 0.1) is 0 Å². The molecule has 0 aliphatic rings. The van der Waals surface area contributed by atoms with E-state index in [-0.39, 0.29) is 12.4 Å². The Labute approximate surface area is 79.2 Å². The molecule has 13 heavy (non-hydrogen) atoms. The number of benzene rings is 1. The third-order valence-electron chi connectivity index (χ3n) is 1.54. The lowest BCUT2D eigenvalue weighted by molar-refractivity contribution is 0.101. The van der Waals surface area contributed by atoms with Crippen molar-refractivity contribution in [1.29, 1.82) is 0 Å². The Hall–Kier alpha value is -1.15. The number of ketones is 1.